The Morgan fingerprint density at radius 2 is 1.92 bits per heavy atom. The molecule has 0 aliphatic carbocycles. The Kier molecular flexibility index (Phi) is 6.43. The molecule has 0 unspecified atom stereocenters. The van der Waals surface area contributed by atoms with Gasteiger partial charge in [0.2, 0.25) is 0 Å². The minimum Gasteiger partial charge on any atom is -0.357 e. The summed E-state index contributed by atoms with van der Waals surface area (Å²) < 4.78 is 6.80. The van der Waals surface area contributed by atoms with E-state index in [9.17, 15) is 9.59 Å². The maximum absolute atomic E-state index is 12.2. The van der Waals surface area contributed by atoms with Gasteiger partial charge in [-0.05, 0) is 30.2 Å². The number of nitrogens with zero attached hydrogens (tertiary/aromatic N) is 1. The largest absolute Gasteiger partial charge is 0.357 e. The van der Waals surface area contributed by atoms with Gasteiger partial charge in [0, 0.05) is 27.7 Å². The predicted molar refractivity (Wildman–Crippen MR) is 96.1 cm³/mol. The summed E-state index contributed by atoms with van der Waals surface area (Å²) >= 11 is 12.1. The molecule has 128 valence electrons. The molecule has 0 aliphatic heterocycles. The van der Waals surface area contributed by atoms with E-state index >= 15 is 0 Å². The van der Waals surface area contributed by atoms with Crippen LogP contribution in [0.15, 0.2) is 40.4 Å². The third-order valence-electron chi connectivity index (χ3n) is 3.52. The van der Waals surface area contributed by atoms with Crippen molar-refractivity contribution in [3.63, 3.8) is 0 Å². The van der Waals surface area contributed by atoms with E-state index in [2.05, 4.69) is 11.6 Å². The van der Waals surface area contributed by atoms with Crippen molar-refractivity contribution in [2.75, 3.05) is 6.61 Å². The molecule has 24 heavy (non-hydrogen) atoms. The number of halogens is 2. The molecule has 1 aromatic carbocycles. The van der Waals surface area contributed by atoms with Crippen molar-refractivity contribution in [2.24, 2.45) is 0 Å². The zero-order valence-corrected chi connectivity index (χ0v) is 14.8. The fraction of sp³-hybridized carbons (Fsp3) is 0.294. The van der Waals surface area contributed by atoms with Crippen LogP contribution < -0.4 is 11.2 Å². The molecular weight excluding hydrogens is 351 g/mol. The van der Waals surface area contributed by atoms with Gasteiger partial charge >= 0.3 is 5.69 Å². The fourth-order valence-electron chi connectivity index (χ4n) is 2.49. The monoisotopic (exact) mass is 368 g/mol. The minimum absolute atomic E-state index is 0.0261. The van der Waals surface area contributed by atoms with Gasteiger partial charge in [-0.2, -0.15) is 0 Å². The highest BCUT2D eigenvalue weighted by atomic mass is 35.5. The van der Waals surface area contributed by atoms with Crippen molar-refractivity contribution in [3.8, 4) is 0 Å². The van der Waals surface area contributed by atoms with Gasteiger partial charge in [-0.1, -0.05) is 36.2 Å². The summed E-state index contributed by atoms with van der Waals surface area (Å²) in [6, 6.07) is 5.15. The summed E-state index contributed by atoms with van der Waals surface area (Å²) in [5, 5.41) is 0.995. The molecule has 0 saturated carbocycles. The van der Waals surface area contributed by atoms with Gasteiger partial charge in [0.15, 0.2) is 0 Å². The molecule has 0 amide bonds. The summed E-state index contributed by atoms with van der Waals surface area (Å²) in [4.78, 5) is 26.6. The number of benzene rings is 1. The molecule has 5 nitrogen and oxygen atoms in total. The molecule has 2 rings (SSSR count). The second kappa shape index (κ2) is 8.33. The van der Waals surface area contributed by atoms with Crippen LogP contribution in [0.25, 0.3) is 0 Å². The maximum atomic E-state index is 12.2. The number of nitrogens with one attached hydrogen (secondary N) is 1. The van der Waals surface area contributed by atoms with Crippen LogP contribution in [0.3, 0.4) is 0 Å². The summed E-state index contributed by atoms with van der Waals surface area (Å²) in [5.41, 5.74) is 1.04. The van der Waals surface area contributed by atoms with E-state index in [0.717, 1.165) is 5.56 Å². The van der Waals surface area contributed by atoms with E-state index in [1.165, 1.54) is 4.57 Å². The molecule has 1 aromatic heterocycles. The standard InChI is InChI=1S/C17H18Cl2N2O3/c1-3-5-24-10-21-15(14(4-2)16(22)20-17(21)23)8-11-6-12(18)9-13(19)7-11/h3,6-7,9H,1,4-5,8,10H2,2H3,(H,20,22,23). The number of H-pyrrole nitrogens is 1. The van der Waals surface area contributed by atoms with Crippen molar-refractivity contribution in [1.29, 1.82) is 0 Å². The van der Waals surface area contributed by atoms with Crippen molar-refractivity contribution in [1.82, 2.24) is 9.55 Å². The second-order valence-corrected chi connectivity index (χ2v) is 6.08. The van der Waals surface area contributed by atoms with E-state index < -0.39 is 5.69 Å². The van der Waals surface area contributed by atoms with Crippen LogP contribution in [0.1, 0.15) is 23.7 Å². The summed E-state index contributed by atoms with van der Waals surface area (Å²) in [5.74, 6) is 0. The molecule has 0 spiro atoms. The number of hydrogen-bond acceptors (Lipinski definition) is 3. The van der Waals surface area contributed by atoms with E-state index in [-0.39, 0.29) is 12.3 Å². The normalized spacial score (nSPS) is 10.8. The van der Waals surface area contributed by atoms with Crippen LogP contribution in [-0.2, 0) is 24.3 Å². The van der Waals surface area contributed by atoms with Gasteiger partial charge in [-0.25, -0.2) is 4.79 Å². The molecule has 0 bridgehead atoms. The Balaban J connectivity index is 2.53. The minimum atomic E-state index is -0.510. The quantitative estimate of drug-likeness (QED) is 0.602. The SMILES string of the molecule is C=CCOCn1c(Cc2cc(Cl)cc(Cl)c2)c(CC)c(=O)[nH]c1=O. The van der Waals surface area contributed by atoms with Crippen molar-refractivity contribution in [2.45, 2.75) is 26.5 Å². The number of hydrogen-bond donors (Lipinski definition) is 1. The molecule has 0 saturated heterocycles. The average molecular weight is 369 g/mol. The van der Waals surface area contributed by atoms with Crippen LogP contribution in [0.2, 0.25) is 10.0 Å². The van der Waals surface area contributed by atoms with E-state index in [1.807, 2.05) is 6.92 Å². The van der Waals surface area contributed by atoms with E-state index in [1.54, 1.807) is 24.3 Å². The lowest BCUT2D eigenvalue weighted by atomic mass is 10.0. The Morgan fingerprint density at radius 1 is 1.25 bits per heavy atom. The van der Waals surface area contributed by atoms with Gasteiger partial charge in [0.25, 0.3) is 5.56 Å². The van der Waals surface area contributed by atoms with Crippen molar-refractivity contribution >= 4 is 23.2 Å². The van der Waals surface area contributed by atoms with Crippen LogP contribution in [0, 0.1) is 0 Å². The lowest BCUT2D eigenvalue weighted by Gasteiger charge is -2.16. The van der Waals surface area contributed by atoms with Gasteiger partial charge in [0.1, 0.15) is 6.73 Å². The first kappa shape index (κ1) is 18.5. The topological polar surface area (TPSA) is 64.1 Å². The lowest BCUT2D eigenvalue weighted by molar-refractivity contribution is 0.0943. The molecule has 0 atom stereocenters. The first-order valence-corrected chi connectivity index (χ1v) is 8.20. The van der Waals surface area contributed by atoms with E-state index in [0.29, 0.717) is 40.8 Å². The Bertz CT molecular complexity index is 836. The van der Waals surface area contributed by atoms with Crippen molar-refractivity contribution in [3.05, 3.63) is 78.6 Å². The molecular formula is C17H18Cl2N2O3. The van der Waals surface area contributed by atoms with Gasteiger partial charge in [0.05, 0.1) is 6.61 Å². The average Bonchev–Trinajstić information content (AvgIpc) is 2.49. The Morgan fingerprint density at radius 3 is 2.50 bits per heavy atom. The summed E-state index contributed by atoms with van der Waals surface area (Å²) in [6.45, 7) is 5.76. The van der Waals surface area contributed by atoms with Gasteiger partial charge in [-0.3, -0.25) is 14.3 Å². The smallest absolute Gasteiger partial charge is 0.330 e. The van der Waals surface area contributed by atoms with Gasteiger partial charge < -0.3 is 4.74 Å². The second-order valence-electron chi connectivity index (χ2n) is 5.21. The fourth-order valence-corrected chi connectivity index (χ4v) is 3.06. The third-order valence-corrected chi connectivity index (χ3v) is 3.95. The number of aromatic nitrogens is 2. The van der Waals surface area contributed by atoms with Crippen LogP contribution in [-0.4, -0.2) is 16.2 Å². The van der Waals surface area contributed by atoms with Crippen LogP contribution in [0.5, 0.6) is 0 Å². The molecule has 2 aromatic rings. The Labute approximate surface area is 149 Å². The van der Waals surface area contributed by atoms with Crippen LogP contribution >= 0.6 is 23.2 Å². The lowest BCUT2D eigenvalue weighted by Crippen LogP contribution is -2.36. The predicted octanol–water partition coefficient (Wildman–Crippen LogP) is 3.16. The molecule has 1 N–H and O–H groups in total. The highest BCUT2D eigenvalue weighted by Gasteiger charge is 2.15. The molecule has 0 fully saturated rings. The summed E-state index contributed by atoms with van der Waals surface area (Å²) in [7, 11) is 0. The van der Waals surface area contributed by atoms with E-state index in [4.69, 9.17) is 27.9 Å². The maximum Gasteiger partial charge on any atom is 0.330 e. The highest BCUT2D eigenvalue weighted by molar-refractivity contribution is 6.34. The molecule has 7 heteroatoms. The molecule has 0 aliphatic rings. The van der Waals surface area contributed by atoms with Gasteiger partial charge in [-0.15, -0.1) is 6.58 Å². The first-order valence-electron chi connectivity index (χ1n) is 7.44. The number of ether oxygens (including phenoxy) is 1. The molecule has 1 heterocycles. The first-order chi connectivity index (χ1) is 11.5. The summed E-state index contributed by atoms with van der Waals surface area (Å²) in [6.07, 6.45) is 2.43. The Hall–Kier alpha value is -1.82. The molecule has 0 radical (unpaired) electrons. The van der Waals surface area contributed by atoms with Crippen molar-refractivity contribution < 1.29 is 4.74 Å². The highest BCUT2D eigenvalue weighted by Crippen LogP contribution is 2.21. The zero-order valence-electron chi connectivity index (χ0n) is 13.3. The zero-order chi connectivity index (χ0) is 17.7. The number of aromatic amines is 1. The number of rotatable bonds is 7. The van der Waals surface area contributed by atoms with Crippen LogP contribution in [0.4, 0.5) is 0 Å². The third kappa shape index (κ3) is 4.38.